The van der Waals surface area contributed by atoms with Gasteiger partial charge in [0.05, 0.1) is 6.61 Å². The van der Waals surface area contributed by atoms with Gasteiger partial charge in [-0.05, 0) is 0 Å². The number of aliphatic imine (C=N–C) groups is 3. The monoisotopic (exact) mass is 213 g/mol. The van der Waals surface area contributed by atoms with Crippen molar-refractivity contribution in [1.29, 1.82) is 0 Å². The van der Waals surface area contributed by atoms with Crippen molar-refractivity contribution >= 4 is 28.7 Å². The molecule has 0 N–H and O–H groups in total. The van der Waals surface area contributed by atoms with Crippen LogP contribution >= 0.6 is 0 Å². The Balaban J connectivity index is 4.78. The molecule has 0 aromatic rings. The predicted molar refractivity (Wildman–Crippen MR) is 47.8 cm³/mol. The molecule has 0 aromatic heterocycles. The van der Waals surface area contributed by atoms with Gasteiger partial charge in [-0.15, -0.1) is 0 Å². The van der Waals surface area contributed by atoms with E-state index in [-0.39, 0.29) is 6.61 Å². The zero-order chi connectivity index (χ0) is 10.8. The van der Waals surface area contributed by atoms with Crippen LogP contribution in [0.15, 0.2) is 15.0 Å². The Morgan fingerprint density at radius 3 is 1.93 bits per heavy atom. The molecule has 0 rings (SSSR count). The Kier molecular flexibility index (Phi) is 6.99. The van der Waals surface area contributed by atoms with Gasteiger partial charge < -0.3 is 4.43 Å². The number of carbonyl (C=O) groups excluding carboxylic acids is 3. The molecule has 0 amide bonds. The summed E-state index contributed by atoms with van der Waals surface area (Å²) >= 11 is 0. The molecule has 1 unspecified atom stereocenters. The minimum Gasteiger partial charge on any atom is -0.426 e. The molecule has 0 heterocycles. The fourth-order valence-corrected chi connectivity index (χ4v) is 1.08. The van der Waals surface area contributed by atoms with Gasteiger partial charge in [0.1, 0.15) is 16.5 Å². The van der Waals surface area contributed by atoms with E-state index < -0.39 is 12.2 Å². The minimum absolute atomic E-state index is 0.0441. The Morgan fingerprint density at radius 2 is 1.57 bits per heavy atom. The molecule has 0 aliphatic rings. The molecular weight excluding hydrogens is 206 g/mol. The minimum atomic E-state index is -1.11. The van der Waals surface area contributed by atoms with Crippen LogP contribution in [0, 0.1) is 0 Å². The Labute approximate surface area is 82.1 Å². The average Bonchev–Trinajstić information content (AvgIpc) is 2.17. The highest BCUT2D eigenvalue weighted by Crippen LogP contribution is 2.04. The van der Waals surface area contributed by atoms with Crippen LogP contribution in [0.2, 0.25) is 0 Å². The molecule has 0 saturated heterocycles. The lowest BCUT2D eigenvalue weighted by Crippen LogP contribution is -2.25. The van der Waals surface area contributed by atoms with Crippen molar-refractivity contribution in [2.24, 2.45) is 15.0 Å². The van der Waals surface area contributed by atoms with E-state index >= 15 is 0 Å². The summed E-state index contributed by atoms with van der Waals surface area (Å²) in [5.74, 6) is 0. The van der Waals surface area contributed by atoms with E-state index in [0.29, 0.717) is 10.5 Å². The normalized spacial score (nSPS) is 12.9. The Morgan fingerprint density at radius 1 is 1.07 bits per heavy atom. The summed E-state index contributed by atoms with van der Waals surface area (Å²) < 4.78 is 4.82. The van der Waals surface area contributed by atoms with E-state index in [2.05, 4.69) is 15.0 Å². The lowest BCUT2D eigenvalue weighted by Gasteiger charge is -2.10. The van der Waals surface area contributed by atoms with Gasteiger partial charge in [0.2, 0.25) is 18.2 Å². The van der Waals surface area contributed by atoms with E-state index in [0.717, 1.165) is 0 Å². The zero-order valence-corrected chi connectivity index (χ0v) is 9.34. The quantitative estimate of drug-likeness (QED) is 0.289. The second kappa shape index (κ2) is 7.94. The maximum Gasteiger partial charge on any atom is 0.237 e. The van der Waals surface area contributed by atoms with Crippen LogP contribution in [-0.4, -0.2) is 47.5 Å². The van der Waals surface area contributed by atoms with Crippen LogP contribution in [0.4, 0.5) is 0 Å². The fourth-order valence-electron chi connectivity index (χ4n) is 0.737. The first-order valence-corrected chi connectivity index (χ1v) is 4.31. The molecule has 0 radical (unpaired) electrons. The smallest absolute Gasteiger partial charge is 0.237 e. The highest BCUT2D eigenvalue weighted by Gasteiger charge is 2.19. The van der Waals surface area contributed by atoms with E-state index in [1.54, 1.807) is 0 Å². The van der Waals surface area contributed by atoms with Gasteiger partial charge in [0.15, 0.2) is 6.17 Å². The summed E-state index contributed by atoms with van der Waals surface area (Å²) in [6.07, 6.45) is 2.61. The second-order valence-corrected chi connectivity index (χ2v) is 2.67. The van der Waals surface area contributed by atoms with Gasteiger partial charge in [-0.25, -0.2) is 14.4 Å². The van der Waals surface area contributed by atoms with Crippen molar-refractivity contribution in [3.8, 4) is 0 Å². The second-order valence-electron chi connectivity index (χ2n) is 2.10. The first-order valence-electron chi connectivity index (χ1n) is 3.50. The number of hydrogen-bond donors (Lipinski definition) is 0. The Hall–Kier alpha value is -1.68. The lowest BCUT2D eigenvalue weighted by atomic mass is 10.2. The van der Waals surface area contributed by atoms with Crippen molar-refractivity contribution in [3.05, 3.63) is 0 Å². The van der Waals surface area contributed by atoms with Crippen molar-refractivity contribution in [2.75, 3.05) is 6.61 Å². The Bertz CT molecular complexity index is 297. The molecule has 8 heteroatoms. The molecule has 0 bridgehead atoms. The molecule has 74 valence electrons. The van der Waals surface area contributed by atoms with Crippen molar-refractivity contribution in [1.82, 2.24) is 0 Å². The van der Waals surface area contributed by atoms with Gasteiger partial charge in [0, 0.05) is 0 Å². The van der Waals surface area contributed by atoms with Gasteiger partial charge >= 0.3 is 0 Å². The fraction of sp³-hybridized carbons (Fsp3) is 0.500. The molecule has 0 saturated carbocycles. The maximum absolute atomic E-state index is 9.99. The van der Waals surface area contributed by atoms with Gasteiger partial charge in [-0.2, -0.15) is 15.0 Å². The molecule has 0 spiro atoms. The summed E-state index contributed by atoms with van der Waals surface area (Å²) in [6, 6.07) is -0.826. The standard InChI is InChI=1S/C6H7N3O4Si/c10-2-7-5(1-13-14)6(8-3-11)9-4-12/h5-6H,1H2,14H3. The molecule has 7 nitrogen and oxygen atoms in total. The van der Waals surface area contributed by atoms with Crippen LogP contribution < -0.4 is 0 Å². The molecule has 0 aliphatic carbocycles. The molecule has 14 heavy (non-hydrogen) atoms. The van der Waals surface area contributed by atoms with Crippen molar-refractivity contribution in [2.45, 2.75) is 12.2 Å². The van der Waals surface area contributed by atoms with Crippen LogP contribution in [0.5, 0.6) is 0 Å². The van der Waals surface area contributed by atoms with Crippen LogP contribution in [0.25, 0.3) is 0 Å². The number of hydrogen-bond acceptors (Lipinski definition) is 7. The summed E-state index contributed by atoms with van der Waals surface area (Å²) in [4.78, 5) is 39.5. The first-order chi connectivity index (χ1) is 6.79. The van der Waals surface area contributed by atoms with E-state index in [9.17, 15) is 14.4 Å². The highest BCUT2D eigenvalue weighted by molar-refractivity contribution is 5.97. The highest BCUT2D eigenvalue weighted by atomic mass is 28.2. The first kappa shape index (κ1) is 12.3. The van der Waals surface area contributed by atoms with E-state index in [4.69, 9.17) is 4.43 Å². The summed E-state index contributed by atoms with van der Waals surface area (Å²) in [6.45, 7) is 0.0441. The summed E-state index contributed by atoms with van der Waals surface area (Å²) in [5.41, 5.74) is 0. The van der Waals surface area contributed by atoms with Gasteiger partial charge in [-0.1, -0.05) is 0 Å². The molecular formula is C6H7N3O4Si. The zero-order valence-electron chi connectivity index (χ0n) is 7.34. The number of nitrogens with zero attached hydrogens (tertiary/aromatic N) is 3. The largest absolute Gasteiger partial charge is 0.426 e. The van der Waals surface area contributed by atoms with Crippen LogP contribution in [-0.2, 0) is 18.8 Å². The molecule has 0 aliphatic heterocycles. The van der Waals surface area contributed by atoms with Crippen LogP contribution in [0.3, 0.4) is 0 Å². The predicted octanol–water partition coefficient (Wildman–Crippen LogP) is -2.01. The molecule has 0 aromatic carbocycles. The van der Waals surface area contributed by atoms with Crippen molar-refractivity contribution in [3.63, 3.8) is 0 Å². The van der Waals surface area contributed by atoms with Gasteiger partial charge in [0.25, 0.3) is 0 Å². The van der Waals surface area contributed by atoms with Crippen molar-refractivity contribution < 1.29 is 18.8 Å². The van der Waals surface area contributed by atoms with E-state index in [1.807, 2.05) is 0 Å². The number of isocyanates is 3. The number of rotatable bonds is 6. The topological polar surface area (TPSA) is 97.5 Å². The third-order valence-electron chi connectivity index (χ3n) is 1.27. The maximum atomic E-state index is 9.99. The van der Waals surface area contributed by atoms with E-state index in [1.165, 1.54) is 18.2 Å². The summed E-state index contributed by atoms with van der Waals surface area (Å²) in [5, 5.41) is 0. The summed E-state index contributed by atoms with van der Waals surface area (Å²) in [7, 11) is 0.428. The third kappa shape index (κ3) is 4.37. The third-order valence-corrected chi connectivity index (χ3v) is 1.60. The SMILES string of the molecule is O=C=NC(CO[SiH3])C(N=C=O)N=C=O. The molecule has 1 atom stereocenters. The van der Waals surface area contributed by atoms with Crippen LogP contribution in [0.1, 0.15) is 0 Å². The molecule has 0 fully saturated rings. The van der Waals surface area contributed by atoms with Gasteiger partial charge in [-0.3, -0.25) is 0 Å². The average molecular weight is 213 g/mol. The lowest BCUT2D eigenvalue weighted by molar-refractivity contribution is 0.296.